The molecule has 0 aliphatic carbocycles. The van der Waals surface area contributed by atoms with E-state index in [0.29, 0.717) is 37.2 Å². The Morgan fingerprint density at radius 1 is 1.12 bits per heavy atom. The largest absolute Gasteiger partial charge is 0.493 e. The maximum absolute atomic E-state index is 11.7. The Kier molecular flexibility index (Phi) is 9.16. The van der Waals surface area contributed by atoms with Gasteiger partial charge in [-0.1, -0.05) is 6.07 Å². The molecule has 1 aromatic rings. The van der Waals surface area contributed by atoms with Crippen molar-refractivity contribution in [3.8, 4) is 11.5 Å². The van der Waals surface area contributed by atoms with E-state index >= 15 is 0 Å². The third kappa shape index (κ3) is 7.30. The minimum absolute atomic E-state index is 0.0349. The maximum Gasteiger partial charge on any atom is 0.241 e. The molecule has 0 aliphatic heterocycles. The van der Waals surface area contributed by atoms with E-state index in [2.05, 4.69) is 15.6 Å². The number of nitrogens with zero attached hydrogens (tertiary/aromatic N) is 2. The molecular weight excluding hydrogens is 324 g/mol. The molecule has 25 heavy (non-hydrogen) atoms. The molecule has 1 aromatic carbocycles. The van der Waals surface area contributed by atoms with Gasteiger partial charge in [-0.3, -0.25) is 4.79 Å². The molecular formula is C17H28N4O4. The number of guanidine groups is 1. The van der Waals surface area contributed by atoms with E-state index < -0.39 is 0 Å². The Balaban J connectivity index is 2.77. The smallest absolute Gasteiger partial charge is 0.241 e. The topological polar surface area (TPSA) is 84.4 Å². The third-order valence-corrected chi connectivity index (χ3v) is 3.37. The lowest BCUT2D eigenvalue weighted by Gasteiger charge is -2.15. The first-order chi connectivity index (χ1) is 12.0. The van der Waals surface area contributed by atoms with E-state index in [4.69, 9.17) is 14.2 Å². The fourth-order valence-electron chi connectivity index (χ4n) is 1.91. The molecule has 1 amide bonds. The quantitative estimate of drug-likeness (QED) is 0.382. The number of methoxy groups -OCH3 is 3. The van der Waals surface area contributed by atoms with Crippen molar-refractivity contribution < 1.29 is 19.0 Å². The van der Waals surface area contributed by atoms with Gasteiger partial charge >= 0.3 is 0 Å². The van der Waals surface area contributed by atoms with Gasteiger partial charge in [0.05, 0.1) is 33.9 Å². The van der Waals surface area contributed by atoms with Crippen molar-refractivity contribution >= 4 is 11.9 Å². The number of benzene rings is 1. The van der Waals surface area contributed by atoms with Gasteiger partial charge in [0.2, 0.25) is 5.91 Å². The van der Waals surface area contributed by atoms with Crippen LogP contribution in [-0.4, -0.2) is 71.9 Å². The number of ether oxygens (including phenoxy) is 3. The van der Waals surface area contributed by atoms with E-state index in [-0.39, 0.29) is 12.5 Å². The first-order valence-electron chi connectivity index (χ1n) is 7.94. The van der Waals surface area contributed by atoms with Crippen LogP contribution in [-0.2, 0) is 16.1 Å². The molecule has 0 radical (unpaired) electrons. The minimum Gasteiger partial charge on any atom is -0.493 e. The summed E-state index contributed by atoms with van der Waals surface area (Å²) in [7, 11) is 8.24. The van der Waals surface area contributed by atoms with E-state index in [1.807, 2.05) is 18.2 Å². The van der Waals surface area contributed by atoms with Gasteiger partial charge in [-0.05, 0) is 17.7 Å². The molecule has 2 N–H and O–H groups in total. The monoisotopic (exact) mass is 352 g/mol. The van der Waals surface area contributed by atoms with Crippen LogP contribution in [0.25, 0.3) is 0 Å². The summed E-state index contributed by atoms with van der Waals surface area (Å²) in [6, 6.07) is 5.63. The number of hydrogen-bond acceptors (Lipinski definition) is 5. The number of rotatable bonds is 9. The Hall–Kier alpha value is -2.48. The Morgan fingerprint density at radius 2 is 1.84 bits per heavy atom. The lowest BCUT2D eigenvalue weighted by Crippen LogP contribution is -2.43. The van der Waals surface area contributed by atoms with Crippen LogP contribution >= 0.6 is 0 Å². The molecule has 0 heterocycles. The van der Waals surface area contributed by atoms with Crippen LogP contribution in [0.2, 0.25) is 0 Å². The van der Waals surface area contributed by atoms with Crippen molar-refractivity contribution in [2.45, 2.75) is 6.54 Å². The van der Waals surface area contributed by atoms with E-state index in [0.717, 1.165) is 5.56 Å². The van der Waals surface area contributed by atoms with Gasteiger partial charge in [0.1, 0.15) is 0 Å². The molecule has 8 nitrogen and oxygen atoms in total. The average molecular weight is 352 g/mol. The molecule has 0 saturated carbocycles. The molecule has 0 fully saturated rings. The summed E-state index contributed by atoms with van der Waals surface area (Å²) in [5.41, 5.74) is 0.962. The van der Waals surface area contributed by atoms with Crippen LogP contribution in [0, 0.1) is 0 Å². The highest BCUT2D eigenvalue weighted by molar-refractivity contribution is 5.86. The van der Waals surface area contributed by atoms with Crippen molar-refractivity contribution in [2.24, 2.45) is 4.99 Å². The predicted octanol–water partition coefficient (Wildman–Crippen LogP) is 0.474. The summed E-state index contributed by atoms with van der Waals surface area (Å²) in [4.78, 5) is 17.8. The zero-order valence-corrected chi connectivity index (χ0v) is 15.6. The fraction of sp³-hybridized carbons (Fsp3) is 0.529. The number of nitrogens with one attached hydrogen (secondary N) is 2. The van der Waals surface area contributed by atoms with Crippen LogP contribution in [0.5, 0.6) is 11.5 Å². The van der Waals surface area contributed by atoms with Crippen LogP contribution < -0.4 is 20.1 Å². The maximum atomic E-state index is 11.7. The number of likely N-dealkylation sites (N-methyl/N-ethyl adjacent to an activating group) is 1. The van der Waals surface area contributed by atoms with Gasteiger partial charge in [-0.15, -0.1) is 0 Å². The molecule has 8 heteroatoms. The normalized spacial score (nSPS) is 11.0. The average Bonchev–Trinajstić information content (AvgIpc) is 2.62. The summed E-state index contributed by atoms with van der Waals surface area (Å²) in [5, 5.41) is 6.14. The van der Waals surface area contributed by atoms with E-state index in [1.54, 1.807) is 35.4 Å². The second kappa shape index (κ2) is 11.1. The number of hydrogen-bond donors (Lipinski definition) is 2. The molecule has 0 atom stereocenters. The van der Waals surface area contributed by atoms with Gasteiger partial charge in [0.25, 0.3) is 0 Å². The SMILES string of the molecule is COCCNC(=NCc1ccc(OC)c(OC)c1)NCC(=O)N(C)C. The number of amides is 1. The lowest BCUT2D eigenvalue weighted by molar-refractivity contribution is -0.127. The summed E-state index contributed by atoms with van der Waals surface area (Å²) < 4.78 is 15.5. The zero-order valence-electron chi connectivity index (χ0n) is 15.6. The number of carbonyl (C=O) groups is 1. The summed E-state index contributed by atoms with van der Waals surface area (Å²) in [5.74, 6) is 1.83. The van der Waals surface area contributed by atoms with Crippen LogP contribution in [0.3, 0.4) is 0 Å². The first-order valence-corrected chi connectivity index (χ1v) is 7.94. The zero-order chi connectivity index (χ0) is 18.7. The number of carbonyl (C=O) groups excluding carboxylic acids is 1. The standard InChI is InChI=1S/C17H28N4O4/c1-21(2)16(22)12-20-17(18-8-9-23-3)19-11-13-6-7-14(24-4)15(10-13)25-5/h6-7,10H,8-9,11-12H2,1-5H3,(H2,18,19,20). The Morgan fingerprint density at radius 3 is 2.44 bits per heavy atom. The molecule has 0 aromatic heterocycles. The fourth-order valence-corrected chi connectivity index (χ4v) is 1.91. The predicted molar refractivity (Wildman–Crippen MR) is 97.3 cm³/mol. The molecule has 140 valence electrons. The Labute approximate surface area is 149 Å². The van der Waals surface area contributed by atoms with Gasteiger partial charge < -0.3 is 29.7 Å². The van der Waals surface area contributed by atoms with Crippen molar-refractivity contribution in [1.82, 2.24) is 15.5 Å². The van der Waals surface area contributed by atoms with Gasteiger partial charge in [0, 0.05) is 27.7 Å². The first kappa shape index (κ1) is 20.6. The summed E-state index contributed by atoms with van der Waals surface area (Å²) in [6.07, 6.45) is 0. The van der Waals surface area contributed by atoms with Crippen LogP contribution in [0.15, 0.2) is 23.2 Å². The molecule has 0 spiro atoms. The molecule has 0 unspecified atom stereocenters. The highest BCUT2D eigenvalue weighted by Gasteiger charge is 2.07. The van der Waals surface area contributed by atoms with Gasteiger partial charge in [-0.25, -0.2) is 4.99 Å². The second-order valence-corrected chi connectivity index (χ2v) is 5.42. The van der Waals surface area contributed by atoms with E-state index in [1.165, 1.54) is 4.90 Å². The molecule has 0 aliphatic rings. The molecule has 0 bridgehead atoms. The molecule has 0 saturated heterocycles. The lowest BCUT2D eigenvalue weighted by atomic mass is 10.2. The van der Waals surface area contributed by atoms with Crippen LogP contribution in [0.1, 0.15) is 5.56 Å². The van der Waals surface area contributed by atoms with Crippen molar-refractivity contribution in [3.05, 3.63) is 23.8 Å². The Bertz CT molecular complexity index is 576. The van der Waals surface area contributed by atoms with Gasteiger partial charge in [0.15, 0.2) is 17.5 Å². The third-order valence-electron chi connectivity index (χ3n) is 3.37. The van der Waals surface area contributed by atoms with Gasteiger partial charge in [-0.2, -0.15) is 0 Å². The summed E-state index contributed by atoms with van der Waals surface area (Å²) >= 11 is 0. The van der Waals surface area contributed by atoms with Crippen LogP contribution in [0.4, 0.5) is 0 Å². The van der Waals surface area contributed by atoms with Crippen molar-refractivity contribution in [1.29, 1.82) is 0 Å². The van der Waals surface area contributed by atoms with E-state index in [9.17, 15) is 4.79 Å². The highest BCUT2D eigenvalue weighted by atomic mass is 16.5. The van der Waals surface area contributed by atoms with Crippen molar-refractivity contribution in [2.75, 3.05) is 55.1 Å². The second-order valence-electron chi connectivity index (χ2n) is 5.42. The summed E-state index contributed by atoms with van der Waals surface area (Å²) in [6.45, 7) is 1.72. The number of aliphatic imine (C=N–C) groups is 1. The van der Waals surface area contributed by atoms with Crippen molar-refractivity contribution in [3.63, 3.8) is 0 Å². The highest BCUT2D eigenvalue weighted by Crippen LogP contribution is 2.27. The molecule has 1 rings (SSSR count). The minimum atomic E-state index is -0.0349.